The third kappa shape index (κ3) is 3.42. The van der Waals surface area contributed by atoms with Crippen LogP contribution in [0.5, 0.6) is 0 Å². The number of aliphatic imine (C=N–C) groups is 1. The normalized spacial score (nSPS) is 15.9. The lowest BCUT2D eigenvalue weighted by Gasteiger charge is -2.26. The summed E-state index contributed by atoms with van der Waals surface area (Å²) >= 11 is 0. The minimum atomic E-state index is -0.915. The van der Waals surface area contributed by atoms with Gasteiger partial charge in [-0.2, -0.15) is 0 Å². The van der Waals surface area contributed by atoms with Crippen LogP contribution in [-0.2, 0) is 0 Å². The second kappa shape index (κ2) is 7.04. The number of nitrogens with zero attached hydrogens (tertiary/aromatic N) is 2. The lowest BCUT2D eigenvalue weighted by Crippen LogP contribution is -2.15. The zero-order chi connectivity index (χ0) is 17.1. The maximum Gasteiger partial charge on any atom is 0.335 e. The predicted molar refractivity (Wildman–Crippen MR) is 96.7 cm³/mol. The van der Waals surface area contributed by atoms with E-state index in [4.69, 9.17) is 5.11 Å². The summed E-state index contributed by atoms with van der Waals surface area (Å²) in [5, 5.41) is 8.94. The zero-order valence-electron chi connectivity index (χ0n) is 14.3. The molecule has 0 spiro atoms. The molecule has 0 aliphatic heterocycles. The smallest absolute Gasteiger partial charge is 0.335 e. The maximum atomic E-state index is 10.9. The molecule has 3 rings (SSSR count). The van der Waals surface area contributed by atoms with Crippen LogP contribution in [0.15, 0.2) is 35.3 Å². The fourth-order valence-corrected chi connectivity index (χ4v) is 3.67. The molecule has 1 N–H and O–H groups in total. The first-order chi connectivity index (χ1) is 11.6. The van der Waals surface area contributed by atoms with Gasteiger partial charge in [-0.3, -0.25) is 4.99 Å². The number of carbonyl (C=O) groups is 1. The van der Waals surface area contributed by atoms with E-state index in [1.54, 1.807) is 24.3 Å². The van der Waals surface area contributed by atoms with E-state index < -0.39 is 5.97 Å². The lowest BCUT2D eigenvalue weighted by molar-refractivity contribution is 0.0697. The summed E-state index contributed by atoms with van der Waals surface area (Å²) in [6.07, 6.45) is 8.42. The largest absolute Gasteiger partial charge is 0.478 e. The molecule has 4 heteroatoms. The van der Waals surface area contributed by atoms with Crippen molar-refractivity contribution in [3.8, 4) is 0 Å². The van der Waals surface area contributed by atoms with Gasteiger partial charge in [0, 0.05) is 29.2 Å². The van der Waals surface area contributed by atoms with Gasteiger partial charge in [-0.05, 0) is 57.0 Å². The molecule has 24 heavy (non-hydrogen) atoms. The van der Waals surface area contributed by atoms with Crippen LogP contribution in [0.3, 0.4) is 0 Å². The van der Waals surface area contributed by atoms with Crippen LogP contribution in [0.25, 0.3) is 0 Å². The van der Waals surface area contributed by atoms with E-state index in [0.29, 0.717) is 6.04 Å². The Morgan fingerprint density at radius 1 is 1.17 bits per heavy atom. The van der Waals surface area contributed by atoms with Crippen molar-refractivity contribution in [2.24, 2.45) is 4.99 Å². The fraction of sp³-hybridized carbons (Fsp3) is 0.400. The van der Waals surface area contributed by atoms with Crippen molar-refractivity contribution in [2.45, 2.75) is 52.0 Å². The lowest BCUT2D eigenvalue weighted by atomic mass is 9.95. The molecular weight excluding hydrogens is 300 g/mol. The van der Waals surface area contributed by atoms with Crippen molar-refractivity contribution in [1.82, 2.24) is 4.57 Å². The molecule has 4 nitrogen and oxygen atoms in total. The number of benzene rings is 1. The topological polar surface area (TPSA) is 54.6 Å². The van der Waals surface area contributed by atoms with E-state index in [1.165, 1.54) is 43.5 Å². The number of rotatable bonds is 4. The van der Waals surface area contributed by atoms with Gasteiger partial charge in [-0.1, -0.05) is 19.3 Å². The highest BCUT2D eigenvalue weighted by molar-refractivity contribution is 5.88. The molecule has 1 fully saturated rings. The summed E-state index contributed by atoms with van der Waals surface area (Å²) < 4.78 is 2.47. The highest BCUT2D eigenvalue weighted by Crippen LogP contribution is 2.32. The molecule has 1 heterocycles. The molecule has 1 saturated carbocycles. The number of hydrogen-bond acceptors (Lipinski definition) is 2. The van der Waals surface area contributed by atoms with E-state index in [2.05, 4.69) is 29.5 Å². The molecule has 0 unspecified atom stereocenters. The number of carboxylic acids is 1. The van der Waals surface area contributed by atoms with Crippen molar-refractivity contribution in [3.63, 3.8) is 0 Å². The number of aryl methyl sites for hydroxylation is 1. The third-order valence-corrected chi connectivity index (χ3v) is 4.93. The highest BCUT2D eigenvalue weighted by Gasteiger charge is 2.19. The minimum Gasteiger partial charge on any atom is -0.478 e. The quantitative estimate of drug-likeness (QED) is 0.799. The molecular formula is C20H24N2O2. The Morgan fingerprint density at radius 2 is 1.83 bits per heavy atom. The van der Waals surface area contributed by atoms with Gasteiger partial charge >= 0.3 is 5.97 Å². The van der Waals surface area contributed by atoms with Crippen LogP contribution in [0, 0.1) is 13.8 Å². The van der Waals surface area contributed by atoms with Gasteiger partial charge in [-0.25, -0.2) is 4.79 Å². The van der Waals surface area contributed by atoms with E-state index in [-0.39, 0.29) is 5.56 Å². The Bertz CT molecular complexity index is 751. The first kappa shape index (κ1) is 16.5. The highest BCUT2D eigenvalue weighted by atomic mass is 16.4. The summed E-state index contributed by atoms with van der Waals surface area (Å²) in [5.74, 6) is -0.915. The molecule has 0 radical (unpaired) electrons. The number of carboxylic acid groups (broad SMARTS) is 1. The molecule has 0 saturated heterocycles. The fourth-order valence-electron chi connectivity index (χ4n) is 3.67. The van der Waals surface area contributed by atoms with Crippen molar-refractivity contribution in [3.05, 3.63) is 52.8 Å². The zero-order valence-corrected chi connectivity index (χ0v) is 14.3. The molecule has 0 bridgehead atoms. The first-order valence-electron chi connectivity index (χ1n) is 8.62. The van der Waals surface area contributed by atoms with Crippen LogP contribution in [-0.4, -0.2) is 21.9 Å². The van der Waals surface area contributed by atoms with E-state index in [0.717, 1.165) is 11.3 Å². The monoisotopic (exact) mass is 324 g/mol. The van der Waals surface area contributed by atoms with Crippen molar-refractivity contribution in [1.29, 1.82) is 0 Å². The average molecular weight is 324 g/mol. The number of aromatic carboxylic acids is 1. The van der Waals surface area contributed by atoms with E-state index in [1.807, 2.05) is 6.21 Å². The van der Waals surface area contributed by atoms with Crippen LogP contribution < -0.4 is 0 Å². The Labute approximate surface area is 142 Å². The van der Waals surface area contributed by atoms with Gasteiger partial charge in [0.05, 0.1) is 11.3 Å². The predicted octanol–water partition coefficient (Wildman–Crippen LogP) is 5.06. The van der Waals surface area contributed by atoms with Gasteiger partial charge in [0.1, 0.15) is 0 Å². The van der Waals surface area contributed by atoms with Crippen LogP contribution in [0.4, 0.5) is 5.69 Å². The Morgan fingerprint density at radius 3 is 2.46 bits per heavy atom. The summed E-state index contributed by atoms with van der Waals surface area (Å²) in [6, 6.07) is 9.45. The van der Waals surface area contributed by atoms with Crippen molar-refractivity contribution in [2.75, 3.05) is 0 Å². The number of hydrogen-bond donors (Lipinski definition) is 1. The standard InChI is InChI=1S/C20H24N2O2/c1-14-12-17(15(2)22(14)19-6-4-3-5-7-19)13-21-18-10-8-16(9-11-18)20(23)24/h8-13,19H,3-7H2,1-2H3,(H,23,24). The summed E-state index contributed by atoms with van der Waals surface area (Å²) in [4.78, 5) is 15.4. The second-order valence-electron chi connectivity index (χ2n) is 6.60. The van der Waals surface area contributed by atoms with Crippen molar-refractivity contribution >= 4 is 17.9 Å². The van der Waals surface area contributed by atoms with Gasteiger partial charge in [0.25, 0.3) is 0 Å². The van der Waals surface area contributed by atoms with Gasteiger partial charge in [0.15, 0.2) is 0 Å². The summed E-state index contributed by atoms with van der Waals surface area (Å²) in [5.41, 5.74) is 4.75. The molecule has 0 atom stereocenters. The third-order valence-electron chi connectivity index (χ3n) is 4.93. The molecule has 0 amide bonds. The summed E-state index contributed by atoms with van der Waals surface area (Å²) in [6.45, 7) is 4.33. The molecule has 1 aromatic carbocycles. The van der Waals surface area contributed by atoms with Gasteiger partial charge in [-0.15, -0.1) is 0 Å². The molecule has 1 aliphatic carbocycles. The summed E-state index contributed by atoms with van der Waals surface area (Å²) in [7, 11) is 0. The van der Waals surface area contributed by atoms with Crippen LogP contribution in [0.1, 0.15) is 65.5 Å². The van der Waals surface area contributed by atoms with E-state index >= 15 is 0 Å². The van der Waals surface area contributed by atoms with Crippen LogP contribution >= 0.6 is 0 Å². The minimum absolute atomic E-state index is 0.282. The van der Waals surface area contributed by atoms with Crippen LogP contribution in [0.2, 0.25) is 0 Å². The molecule has 1 aromatic heterocycles. The second-order valence-corrected chi connectivity index (χ2v) is 6.60. The molecule has 1 aliphatic rings. The first-order valence-corrected chi connectivity index (χ1v) is 8.62. The average Bonchev–Trinajstić information content (AvgIpc) is 2.88. The SMILES string of the molecule is Cc1cc(C=Nc2ccc(C(=O)O)cc2)c(C)n1C1CCCCC1. The van der Waals surface area contributed by atoms with Crippen molar-refractivity contribution < 1.29 is 9.90 Å². The maximum absolute atomic E-state index is 10.9. The molecule has 2 aromatic rings. The Hall–Kier alpha value is -2.36. The van der Waals surface area contributed by atoms with Gasteiger partial charge in [0.2, 0.25) is 0 Å². The Kier molecular flexibility index (Phi) is 4.84. The van der Waals surface area contributed by atoms with E-state index in [9.17, 15) is 4.79 Å². The Balaban J connectivity index is 1.81. The van der Waals surface area contributed by atoms with Gasteiger partial charge < -0.3 is 9.67 Å². The number of aromatic nitrogens is 1. The molecule has 126 valence electrons.